The van der Waals surface area contributed by atoms with Gasteiger partial charge in [-0.2, -0.15) is 0 Å². The summed E-state index contributed by atoms with van der Waals surface area (Å²) < 4.78 is 0. The van der Waals surface area contributed by atoms with Gasteiger partial charge < -0.3 is 5.32 Å². The van der Waals surface area contributed by atoms with E-state index in [-0.39, 0.29) is 17.3 Å². The van der Waals surface area contributed by atoms with Crippen molar-refractivity contribution in [2.75, 3.05) is 11.4 Å². The summed E-state index contributed by atoms with van der Waals surface area (Å²) in [7, 11) is 0. The van der Waals surface area contributed by atoms with E-state index in [1.54, 1.807) is 24.3 Å². The molecule has 0 atom stereocenters. The van der Waals surface area contributed by atoms with Gasteiger partial charge in [0.05, 0.1) is 5.69 Å². The van der Waals surface area contributed by atoms with Crippen molar-refractivity contribution in [1.29, 1.82) is 0 Å². The van der Waals surface area contributed by atoms with Crippen molar-refractivity contribution in [3.63, 3.8) is 0 Å². The van der Waals surface area contributed by atoms with E-state index in [4.69, 9.17) is 0 Å². The third kappa shape index (κ3) is 4.24. The van der Waals surface area contributed by atoms with Crippen molar-refractivity contribution in [2.45, 2.75) is 45.4 Å². The molecule has 1 aliphatic heterocycles. The minimum absolute atomic E-state index is 0.0493. The molecule has 1 aliphatic rings. The molecule has 0 radical (unpaired) electrons. The van der Waals surface area contributed by atoms with Gasteiger partial charge >= 0.3 is 0 Å². The molecule has 0 fully saturated rings. The number of anilines is 1. The number of fused-ring (bicyclic) bond motifs is 1. The van der Waals surface area contributed by atoms with Gasteiger partial charge in [0, 0.05) is 24.5 Å². The molecular weight excluding hydrogens is 356 g/mol. The number of rotatable bonds is 9. The normalized spacial score (nSPS) is 13.0. The molecule has 0 bridgehead atoms. The molecular formula is C21H24N4O3. The topological polar surface area (TPSA) is 92.3 Å². The zero-order valence-electron chi connectivity index (χ0n) is 16.0. The predicted molar refractivity (Wildman–Crippen MR) is 105 cm³/mol. The van der Waals surface area contributed by atoms with Gasteiger partial charge in [-0.15, -0.1) is 0 Å². The molecule has 2 aromatic rings. The number of amides is 3. The molecule has 0 unspecified atom stereocenters. The van der Waals surface area contributed by atoms with E-state index in [1.165, 1.54) is 38.1 Å². The lowest BCUT2D eigenvalue weighted by Crippen LogP contribution is -2.30. The smallest absolute Gasteiger partial charge is 0.286 e. The third-order valence-corrected chi connectivity index (χ3v) is 4.71. The molecule has 3 amide bonds. The highest BCUT2D eigenvalue weighted by atomic mass is 16.2. The molecule has 0 saturated carbocycles. The third-order valence-electron chi connectivity index (χ3n) is 4.71. The van der Waals surface area contributed by atoms with Crippen molar-refractivity contribution in [3.8, 4) is 0 Å². The molecule has 3 rings (SSSR count). The van der Waals surface area contributed by atoms with Crippen LogP contribution in [0.2, 0.25) is 0 Å². The number of carbonyl (C=O) groups is 3. The standard InChI is InChI=1S/C21H24N4O3/c1-2-3-4-5-6-7-12-24-19(26)15-8-10-16(11-9-15)25-20(27)17-18(21(25)28)23-14-13-22-17/h8-11,13-14H,2-7,12H2,1H3,(H,24,26). The van der Waals surface area contributed by atoms with Crippen molar-refractivity contribution in [1.82, 2.24) is 15.3 Å². The van der Waals surface area contributed by atoms with Crippen molar-refractivity contribution in [3.05, 3.63) is 53.6 Å². The monoisotopic (exact) mass is 380 g/mol. The molecule has 28 heavy (non-hydrogen) atoms. The summed E-state index contributed by atoms with van der Waals surface area (Å²) in [5.74, 6) is -1.17. The summed E-state index contributed by atoms with van der Waals surface area (Å²) in [5.41, 5.74) is 0.978. The van der Waals surface area contributed by atoms with Gasteiger partial charge in [-0.3, -0.25) is 14.4 Å². The van der Waals surface area contributed by atoms with Crippen LogP contribution < -0.4 is 10.2 Å². The average molecular weight is 380 g/mol. The van der Waals surface area contributed by atoms with Gasteiger partial charge in [-0.1, -0.05) is 39.0 Å². The summed E-state index contributed by atoms with van der Waals surface area (Å²) in [5, 5.41) is 2.90. The minimum Gasteiger partial charge on any atom is -0.352 e. The molecule has 7 nitrogen and oxygen atoms in total. The van der Waals surface area contributed by atoms with Crippen molar-refractivity contribution >= 4 is 23.4 Å². The molecule has 0 spiro atoms. The molecule has 2 heterocycles. The molecule has 1 N–H and O–H groups in total. The Morgan fingerprint density at radius 1 is 0.893 bits per heavy atom. The first-order valence-electron chi connectivity index (χ1n) is 9.71. The highest BCUT2D eigenvalue weighted by molar-refractivity contribution is 6.33. The Bertz CT molecular complexity index is 829. The van der Waals surface area contributed by atoms with Crippen LogP contribution >= 0.6 is 0 Å². The first-order valence-corrected chi connectivity index (χ1v) is 9.71. The van der Waals surface area contributed by atoms with E-state index in [0.717, 1.165) is 17.7 Å². The Labute approximate surface area is 164 Å². The van der Waals surface area contributed by atoms with E-state index in [1.807, 2.05) is 0 Å². The van der Waals surface area contributed by atoms with E-state index in [2.05, 4.69) is 22.2 Å². The number of benzene rings is 1. The van der Waals surface area contributed by atoms with Crippen LogP contribution in [0.25, 0.3) is 0 Å². The number of nitrogens with one attached hydrogen (secondary N) is 1. The number of aromatic nitrogens is 2. The number of carbonyl (C=O) groups excluding carboxylic acids is 3. The van der Waals surface area contributed by atoms with Gasteiger partial charge in [0.1, 0.15) is 0 Å². The van der Waals surface area contributed by atoms with Gasteiger partial charge in [0.15, 0.2) is 11.4 Å². The Hall–Kier alpha value is -3.09. The second-order valence-corrected chi connectivity index (χ2v) is 6.77. The zero-order chi connectivity index (χ0) is 19.9. The Morgan fingerprint density at radius 3 is 2.07 bits per heavy atom. The second kappa shape index (κ2) is 9.21. The van der Waals surface area contributed by atoms with E-state index < -0.39 is 11.8 Å². The average Bonchev–Trinajstić information content (AvgIpc) is 2.98. The molecule has 146 valence electrons. The van der Waals surface area contributed by atoms with Crippen LogP contribution in [0.15, 0.2) is 36.7 Å². The zero-order valence-corrected chi connectivity index (χ0v) is 16.0. The number of hydrogen-bond donors (Lipinski definition) is 1. The van der Waals surface area contributed by atoms with E-state index in [0.29, 0.717) is 17.8 Å². The lowest BCUT2D eigenvalue weighted by molar-refractivity contribution is 0.0920. The summed E-state index contributed by atoms with van der Waals surface area (Å²) in [6.07, 6.45) is 9.76. The summed E-state index contributed by atoms with van der Waals surface area (Å²) >= 11 is 0. The lowest BCUT2D eigenvalue weighted by Gasteiger charge is -2.13. The predicted octanol–water partition coefficient (Wildman–Crippen LogP) is 3.37. The van der Waals surface area contributed by atoms with Crippen LogP contribution in [-0.2, 0) is 0 Å². The highest BCUT2D eigenvalue weighted by Crippen LogP contribution is 2.26. The lowest BCUT2D eigenvalue weighted by atomic mass is 10.1. The van der Waals surface area contributed by atoms with Gasteiger partial charge in [-0.05, 0) is 30.7 Å². The van der Waals surface area contributed by atoms with Crippen LogP contribution in [0.3, 0.4) is 0 Å². The number of hydrogen-bond acceptors (Lipinski definition) is 5. The SMILES string of the molecule is CCCCCCCCNC(=O)c1ccc(N2C(=O)c3nccnc3C2=O)cc1. The fourth-order valence-corrected chi connectivity index (χ4v) is 3.16. The fraction of sp³-hybridized carbons (Fsp3) is 0.381. The minimum atomic E-state index is -0.506. The van der Waals surface area contributed by atoms with Crippen LogP contribution in [0.1, 0.15) is 76.8 Å². The number of imide groups is 1. The van der Waals surface area contributed by atoms with Crippen LogP contribution in [0.5, 0.6) is 0 Å². The number of nitrogens with zero attached hydrogens (tertiary/aromatic N) is 3. The molecule has 0 saturated heterocycles. The molecule has 0 aliphatic carbocycles. The highest BCUT2D eigenvalue weighted by Gasteiger charge is 2.39. The maximum absolute atomic E-state index is 12.4. The molecule has 7 heteroatoms. The first kappa shape index (κ1) is 19.7. The summed E-state index contributed by atoms with van der Waals surface area (Å²) in [4.78, 5) is 46.0. The van der Waals surface area contributed by atoms with Gasteiger partial charge in [0.25, 0.3) is 17.7 Å². The summed E-state index contributed by atoms with van der Waals surface area (Å²) in [6.45, 7) is 2.83. The van der Waals surface area contributed by atoms with Crippen molar-refractivity contribution in [2.24, 2.45) is 0 Å². The Kier molecular flexibility index (Phi) is 6.47. The van der Waals surface area contributed by atoms with Crippen molar-refractivity contribution < 1.29 is 14.4 Å². The maximum atomic E-state index is 12.4. The quantitative estimate of drug-likeness (QED) is 0.532. The van der Waals surface area contributed by atoms with Crippen LogP contribution in [0, 0.1) is 0 Å². The van der Waals surface area contributed by atoms with E-state index >= 15 is 0 Å². The maximum Gasteiger partial charge on any atom is 0.286 e. The van der Waals surface area contributed by atoms with E-state index in [9.17, 15) is 14.4 Å². The Balaban J connectivity index is 1.55. The fourth-order valence-electron chi connectivity index (χ4n) is 3.16. The van der Waals surface area contributed by atoms with Gasteiger partial charge in [0.2, 0.25) is 0 Å². The van der Waals surface area contributed by atoms with Crippen LogP contribution in [-0.4, -0.2) is 34.2 Å². The largest absolute Gasteiger partial charge is 0.352 e. The molecule has 1 aromatic carbocycles. The molecule has 1 aromatic heterocycles. The summed E-state index contributed by atoms with van der Waals surface area (Å²) in [6, 6.07) is 6.38. The van der Waals surface area contributed by atoms with Crippen LogP contribution in [0.4, 0.5) is 5.69 Å². The first-order chi connectivity index (χ1) is 13.6. The Morgan fingerprint density at radius 2 is 1.46 bits per heavy atom. The second-order valence-electron chi connectivity index (χ2n) is 6.77. The van der Waals surface area contributed by atoms with Gasteiger partial charge in [-0.25, -0.2) is 14.9 Å². The number of unbranched alkanes of at least 4 members (excludes halogenated alkanes) is 5.